The quantitative estimate of drug-likeness (QED) is 0.864. The van der Waals surface area contributed by atoms with Gasteiger partial charge in [-0.3, -0.25) is 4.79 Å². The number of phenolic OH excluding ortho intramolecular Hbond substituents is 1. The number of rotatable bonds is 4. The number of piperidine rings is 1. The molecule has 1 heterocycles. The van der Waals surface area contributed by atoms with E-state index in [4.69, 9.17) is 5.73 Å². The fourth-order valence-corrected chi connectivity index (χ4v) is 2.56. The van der Waals surface area contributed by atoms with Crippen molar-refractivity contribution in [2.24, 2.45) is 11.7 Å². The molecule has 1 aromatic carbocycles. The lowest BCUT2D eigenvalue weighted by Gasteiger charge is -2.30. The van der Waals surface area contributed by atoms with Crippen LogP contribution in [0.1, 0.15) is 24.8 Å². The minimum absolute atomic E-state index is 0.150. The van der Waals surface area contributed by atoms with Crippen LogP contribution in [0.2, 0.25) is 0 Å². The second-order valence-electron chi connectivity index (χ2n) is 5.19. The van der Waals surface area contributed by atoms with Crippen LogP contribution in [0.5, 0.6) is 5.75 Å². The molecule has 1 saturated heterocycles. The maximum absolute atomic E-state index is 12.4. The molecule has 1 amide bonds. The van der Waals surface area contributed by atoms with Crippen molar-refractivity contribution in [3.63, 3.8) is 0 Å². The third-order valence-electron chi connectivity index (χ3n) is 3.72. The maximum Gasteiger partial charge on any atom is 0.227 e. The number of benzene rings is 1. The molecule has 1 aromatic rings. The molecule has 4 nitrogen and oxygen atoms in total. The summed E-state index contributed by atoms with van der Waals surface area (Å²) in [7, 11) is 0. The number of hydrogen-bond donors (Lipinski definition) is 2. The van der Waals surface area contributed by atoms with Gasteiger partial charge in [-0.1, -0.05) is 12.1 Å². The Kier molecular flexibility index (Phi) is 4.80. The van der Waals surface area contributed by atoms with E-state index < -0.39 is 0 Å². The zero-order valence-electron chi connectivity index (χ0n) is 11.2. The average Bonchev–Trinajstić information content (AvgIpc) is 2.47. The van der Waals surface area contributed by atoms with Crippen molar-refractivity contribution in [2.75, 3.05) is 19.6 Å². The highest BCUT2D eigenvalue weighted by Gasteiger charge is 2.24. The summed E-state index contributed by atoms with van der Waals surface area (Å²) in [6.07, 6.45) is 4.06. The van der Waals surface area contributed by atoms with Crippen molar-refractivity contribution in [1.29, 1.82) is 0 Å². The fourth-order valence-electron chi connectivity index (χ4n) is 2.56. The summed E-state index contributed by atoms with van der Waals surface area (Å²) in [5.41, 5.74) is 6.80. The molecule has 4 heteroatoms. The van der Waals surface area contributed by atoms with Crippen molar-refractivity contribution < 1.29 is 9.90 Å². The monoisotopic (exact) mass is 262 g/mol. The van der Waals surface area contributed by atoms with Gasteiger partial charge in [0.2, 0.25) is 5.91 Å². The lowest BCUT2D eigenvalue weighted by atomic mass is 9.97. The Hall–Kier alpha value is -1.55. The maximum atomic E-state index is 12.4. The molecule has 0 aliphatic carbocycles. The molecule has 2 rings (SSSR count). The third kappa shape index (κ3) is 3.70. The van der Waals surface area contributed by atoms with E-state index in [1.165, 1.54) is 6.42 Å². The summed E-state index contributed by atoms with van der Waals surface area (Å²) < 4.78 is 0. The summed E-state index contributed by atoms with van der Waals surface area (Å²) in [6, 6.07) is 6.99. The smallest absolute Gasteiger partial charge is 0.227 e. The topological polar surface area (TPSA) is 66.6 Å². The van der Waals surface area contributed by atoms with Crippen LogP contribution in [0.3, 0.4) is 0 Å². The first-order chi connectivity index (χ1) is 9.20. The highest BCUT2D eigenvalue weighted by atomic mass is 16.3. The molecule has 104 valence electrons. The number of carbonyl (C=O) groups excluding carboxylic acids is 1. The molecule has 0 bridgehead atoms. The normalized spacial score (nSPS) is 17.2. The lowest BCUT2D eigenvalue weighted by Crippen LogP contribution is -2.42. The van der Waals surface area contributed by atoms with E-state index in [1.807, 2.05) is 17.0 Å². The van der Waals surface area contributed by atoms with Crippen molar-refractivity contribution in [3.05, 3.63) is 29.8 Å². The molecular weight excluding hydrogens is 240 g/mol. The molecule has 1 fully saturated rings. The van der Waals surface area contributed by atoms with Gasteiger partial charge in [0, 0.05) is 19.6 Å². The number of aromatic hydroxyl groups is 1. The molecule has 1 aliphatic heterocycles. The predicted octanol–water partition coefficient (Wildman–Crippen LogP) is 1.52. The number of phenols is 1. The standard InChI is InChI=1S/C15H22N2O2/c16-11-13(10-12-4-6-14(18)7-5-12)15(19)17-8-2-1-3-9-17/h4-7,13,18H,1-3,8-11,16H2. The highest BCUT2D eigenvalue weighted by Crippen LogP contribution is 2.17. The second kappa shape index (κ2) is 6.57. The fraction of sp³-hybridized carbons (Fsp3) is 0.533. The van der Waals surface area contributed by atoms with E-state index in [9.17, 15) is 9.90 Å². The number of likely N-dealkylation sites (tertiary alicyclic amines) is 1. The van der Waals surface area contributed by atoms with E-state index in [2.05, 4.69) is 0 Å². The van der Waals surface area contributed by atoms with E-state index >= 15 is 0 Å². The Labute approximate surface area is 114 Å². The van der Waals surface area contributed by atoms with Crippen molar-refractivity contribution in [3.8, 4) is 5.75 Å². The number of carbonyl (C=O) groups is 1. The SMILES string of the molecule is NCC(Cc1ccc(O)cc1)C(=O)N1CCCCC1. The molecule has 1 aliphatic rings. The predicted molar refractivity (Wildman–Crippen MR) is 74.8 cm³/mol. The van der Waals surface area contributed by atoms with Crippen LogP contribution in [0.4, 0.5) is 0 Å². The van der Waals surface area contributed by atoms with Gasteiger partial charge < -0.3 is 15.7 Å². The van der Waals surface area contributed by atoms with Gasteiger partial charge >= 0.3 is 0 Å². The summed E-state index contributed by atoms with van der Waals surface area (Å²) in [4.78, 5) is 14.3. The Balaban J connectivity index is 1.98. The molecule has 1 unspecified atom stereocenters. The molecule has 0 saturated carbocycles. The summed E-state index contributed by atoms with van der Waals surface area (Å²) in [6.45, 7) is 2.10. The van der Waals surface area contributed by atoms with Crippen LogP contribution in [0.15, 0.2) is 24.3 Å². The van der Waals surface area contributed by atoms with Gasteiger partial charge in [0.25, 0.3) is 0 Å². The van der Waals surface area contributed by atoms with Crippen molar-refractivity contribution in [2.45, 2.75) is 25.7 Å². The Morgan fingerprint density at radius 1 is 1.21 bits per heavy atom. The van der Waals surface area contributed by atoms with Gasteiger partial charge in [-0.05, 0) is 43.4 Å². The molecule has 0 aromatic heterocycles. The van der Waals surface area contributed by atoms with Gasteiger partial charge in [0.1, 0.15) is 5.75 Å². The summed E-state index contributed by atoms with van der Waals surface area (Å²) in [5, 5.41) is 9.26. The van der Waals surface area contributed by atoms with E-state index in [0.29, 0.717) is 13.0 Å². The highest BCUT2D eigenvalue weighted by molar-refractivity contribution is 5.79. The molecule has 1 atom stereocenters. The Morgan fingerprint density at radius 3 is 2.42 bits per heavy atom. The van der Waals surface area contributed by atoms with Gasteiger partial charge in [-0.2, -0.15) is 0 Å². The second-order valence-corrected chi connectivity index (χ2v) is 5.19. The largest absolute Gasteiger partial charge is 0.508 e. The number of hydrogen-bond acceptors (Lipinski definition) is 3. The van der Waals surface area contributed by atoms with E-state index in [1.54, 1.807) is 12.1 Å². The van der Waals surface area contributed by atoms with Crippen molar-refractivity contribution in [1.82, 2.24) is 4.90 Å². The molecule has 0 radical (unpaired) electrons. The van der Waals surface area contributed by atoms with Crippen LogP contribution >= 0.6 is 0 Å². The van der Waals surface area contributed by atoms with E-state index in [0.717, 1.165) is 31.5 Å². The molecular formula is C15H22N2O2. The number of amides is 1. The number of nitrogens with zero attached hydrogens (tertiary/aromatic N) is 1. The molecule has 3 N–H and O–H groups in total. The number of nitrogens with two attached hydrogens (primary N) is 1. The summed E-state index contributed by atoms with van der Waals surface area (Å²) in [5.74, 6) is 0.272. The van der Waals surface area contributed by atoms with Crippen LogP contribution in [-0.2, 0) is 11.2 Å². The third-order valence-corrected chi connectivity index (χ3v) is 3.72. The van der Waals surface area contributed by atoms with Gasteiger partial charge in [-0.15, -0.1) is 0 Å². The minimum atomic E-state index is -0.150. The lowest BCUT2D eigenvalue weighted by molar-refractivity contribution is -0.136. The van der Waals surface area contributed by atoms with Gasteiger partial charge in [0.15, 0.2) is 0 Å². The first kappa shape index (κ1) is 13.9. The first-order valence-corrected chi connectivity index (χ1v) is 6.97. The molecule has 19 heavy (non-hydrogen) atoms. The zero-order chi connectivity index (χ0) is 13.7. The van der Waals surface area contributed by atoms with Crippen LogP contribution in [-0.4, -0.2) is 35.5 Å². The van der Waals surface area contributed by atoms with Crippen LogP contribution in [0, 0.1) is 5.92 Å². The van der Waals surface area contributed by atoms with Gasteiger partial charge in [0.05, 0.1) is 5.92 Å². The molecule has 0 spiro atoms. The minimum Gasteiger partial charge on any atom is -0.508 e. The van der Waals surface area contributed by atoms with Gasteiger partial charge in [-0.25, -0.2) is 0 Å². The van der Waals surface area contributed by atoms with E-state index in [-0.39, 0.29) is 17.6 Å². The average molecular weight is 262 g/mol. The summed E-state index contributed by atoms with van der Waals surface area (Å²) >= 11 is 0. The zero-order valence-corrected chi connectivity index (χ0v) is 11.2. The first-order valence-electron chi connectivity index (χ1n) is 6.97. The van der Waals surface area contributed by atoms with Crippen LogP contribution in [0.25, 0.3) is 0 Å². The van der Waals surface area contributed by atoms with Crippen molar-refractivity contribution >= 4 is 5.91 Å². The Morgan fingerprint density at radius 2 is 1.84 bits per heavy atom. The van der Waals surface area contributed by atoms with Crippen LogP contribution < -0.4 is 5.73 Å². The Bertz CT molecular complexity index is 411.